The molecule has 0 bridgehead atoms. The molecule has 3 rings (SSSR count). The lowest BCUT2D eigenvalue weighted by molar-refractivity contribution is 0.584. The first-order valence-corrected chi connectivity index (χ1v) is 11.0. The molecule has 0 atom stereocenters. The zero-order valence-electron chi connectivity index (χ0n) is 15.7. The van der Waals surface area contributed by atoms with Gasteiger partial charge in [0.05, 0.1) is 16.1 Å². The Labute approximate surface area is 161 Å². The number of aromatic nitrogens is 1. The van der Waals surface area contributed by atoms with Crippen LogP contribution in [0.2, 0.25) is 0 Å². The van der Waals surface area contributed by atoms with E-state index in [1.807, 2.05) is 36.4 Å². The van der Waals surface area contributed by atoms with Crippen molar-refractivity contribution in [3.8, 4) is 0 Å². The molecule has 1 aromatic heterocycles. The van der Waals surface area contributed by atoms with Crippen LogP contribution >= 0.6 is 0 Å². The van der Waals surface area contributed by atoms with Crippen molar-refractivity contribution in [3.63, 3.8) is 0 Å². The molecular formula is C22H26N2O2S. The number of anilines is 1. The van der Waals surface area contributed by atoms with Gasteiger partial charge in [0.2, 0.25) is 0 Å². The summed E-state index contributed by atoms with van der Waals surface area (Å²) >= 11 is 0. The van der Waals surface area contributed by atoms with Crippen LogP contribution in [0.3, 0.4) is 0 Å². The van der Waals surface area contributed by atoms with E-state index in [9.17, 15) is 8.42 Å². The molecule has 0 aliphatic carbocycles. The summed E-state index contributed by atoms with van der Waals surface area (Å²) in [5.41, 5.74) is 1.36. The van der Waals surface area contributed by atoms with E-state index in [-0.39, 0.29) is 0 Å². The minimum atomic E-state index is -3.64. The highest BCUT2D eigenvalue weighted by molar-refractivity contribution is 7.92. The van der Waals surface area contributed by atoms with Crippen molar-refractivity contribution in [2.24, 2.45) is 0 Å². The Morgan fingerprint density at radius 1 is 0.852 bits per heavy atom. The third-order valence-corrected chi connectivity index (χ3v) is 6.50. The van der Waals surface area contributed by atoms with Gasteiger partial charge in [-0.1, -0.05) is 69.0 Å². The molecule has 0 amide bonds. The number of hydrogen-bond donors (Lipinski definition) is 0. The van der Waals surface area contributed by atoms with E-state index >= 15 is 0 Å². The first-order valence-electron chi connectivity index (χ1n) is 9.56. The topological polar surface area (TPSA) is 50.3 Å². The summed E-state index contributed by atoms with van der Waals surface area (Å²) in [5.74, 6) is 0. The summed E-state index contributed by atoms with van der Waals surface area (Å²) in [6.07, 6.45) is 7.03. The predicted octanol–water partition coefficient (Wildman–Crippen LogP) is 5.40. The van der Waals surface area contributed by atoms with Gasteiger partial charge in [0.1, 0.15) is 0 Å². The van der Waals surface area contributed by atoms with Gasteiger partial charge in [-0.3, -0.25) is 9.29 Å². The Morgan fingerprint density at radius 3 is 2.37 bits per heavy atom. The molecule has 1 heterocycles. The number of nitrogens with zero attached hydrogens (tertiary/aromatic N) is 2. The highest BCUT2D eigenvalue weighted by Gasteiger charge is 2.26. The van der Waals surface area contributed by atoms with Crippen molar-refractivity contribution in [2.75, 3.05) is 10.8 Å². The molecular weight excluding hydrogens is 356 g/mol. The van der Waals surface area contributed by atoms with Crippen molar-refractivity contribution in [1.82, 2.24) is 4.98 Å². The van der Waals surface area contributed by atoms with Crippen molar-refractivity contribution in [1.29, 1.82) is 0 Å². The maximum Gasteiger partial charge on any atom is 0.264 e. The first kappa shape index (κ1) is 19.4. The summed E-state index contributed by atoms with van der Waals surface area (Å²) in [6, 6.07) is 18.2. The van der Waals surface area contributed by atoms with Gasteiger partial charge >= 0.3 is 0 Å². The van der Waals surface area contributed by atoms with Gasteiger partial charge in [0, 0.05) is 18.1 Å². The lowest BCUT2D eigenvalue weighted by atomic mass is 10.1. The summed E-state index contributed by atoms with van der Waals surface area (Å²) in [6.45, 7) is 2.63. The second-order valence-corrected chi connectivity index (χ2v) is 8.52. The van der Waals surface area contributed by atoms with Crippen LogP contribution in [0.4, 0.5) is 5.69 Å². The van der Waals surface area contributed by atoms with Crippen molar-refractivity contribution >= 4 is 26.6 Å². The number of pyridine rings is 1. The number of fused-ring (bicyclic) bond motifs is 1. The number of benzene rings is 2. The van der Waals surface area contributed by atoms with E-state index in [2.05, 4.69) is 11.9 Å². The van der Waals surface area contributed by atoms with Crippen molar-refractivity contribution < 1.29 is 8.42 Å². The van der Waals surface area contributed by atoms with Crippen LogP contribution in [-0.4, -0.2) is 19.9 Å². The van der Waals surface area contributed by atoms with Gasteiger partial charge < -0.3 is 0 Å². The minimum absolute atomic E-state index is 0.312. The lowest BCUT2D eigenvalue weighted by Crippen LogP contribution is -2.32. The monoisotopic (exact) mass is 382 g/mol. The molecule has 0 N–H and O–H groups in total. The number of para-hydroxylation sites is 1. The minimum Gasteiger partial charge on any atom is -0.264 e. The Morgan fingerprint density at radius 2 is 1.59 bits per heavy atom. The molecule has 27 heavy (non-hydrogen) atoms. The highest BCUT2D eigenvalue weighted by Crippen LogP contribution is 2.30. The quantitative estimate of drug-likeness (QED) is 0.466. The average molecular weight is 383 g/mol. The van der Waals surface area contributed by atoms with E-state index in [0.29, 0.717) is 22.6 Å². The third-order valence-electron chi connectivity index (χ3n) is 4.68. The number of unbranched alkanes of at least 4 members (excludes halogenated alkanes) is 4. The van der Waals surface area contributed by atoms with Crippen LogP contribution in [0.15, 0.2) is 71.8 Å². The smallest absolute Gasteiger partial charge is 0.264 e. The zero-order chi connectivity index (χ0) is 19.1. The van der Waals surface area contributed by atoms with E-state index in [0.717, 1.165) is 24.6 Å². The molecule has 0 fully saturated rings. The van der Waals surface area contributed by atoms with Crippen LogP contribution < -0.4 is 4.31 Å². The Kier molecular flexibility index (Phi) is 6.45. The molecule has 0 aliphatic rings. The summed E-state index contributed by atoms with van der Waals surface area (Å²) < 4.78 is 28.3. The summed E-state index contributed by atoms with van der Waals surface area (Å²) in [7, 11) is -3.64. The fourth-order valence-electron chi connectivity index (χ4n) is 3.24. The fraction of sp³-hybridized carbons (Fsp3) is 0.318. The second kappa shape index (κ2) is 9.00. The third kappa shape index (κ3) is 4.48. The van der Waals surface area contributed by atoms with E-state index in [4.69, 9.17) is 0 Å². The maximum atomic E-state index is 13.4. The Bertz CT molecular complexity index is 967. The number of rotatable bonds is 9. The molecule has 0 saturated carbocycles. The molecule has 0 radical (unpaired) electrons. The number of hydrogen-bond acceptors (Lipinski definition) is 3. The molecule has 3 aromatic rings. The van der Waals surface area contributed by atoms with Crippen LogP contribution in [-0.2, 0) is 10.0 Å². The van der Waals surface area contributed by atoms with Crippen molar-refractivity contribution in [3.05, 3.63) is 66.9 Å². The highest BCUT2D eigenvalue weighted by atomic mass is 32.2. The largest absolute Gasteiger partial charge is 0.264 e. The lowest BCUT2D eigenvalue weighted by Gasteiger charge is -2.25. The predicted molar refractivity (Wildman–Crippen MR) is 111 cm³/mol. The van der Waals surface area contributed by atoms with Gasteiger partial charge in [-0.05, 0) is 30.7 Å². The van der Waals surface area contributed by atoms with E-state index < -0.39 is 10.0 Å². The van der Waals surface area contributed by atoms with E-state index in [1.165, 1.54) is 17.1 Å². The van der Waals surface area contributed by atoms with Gasteiger partial charge in [0.15, 0.2) is 0 Å². The Balaban J connectivity index is 1.99. The normalized spacial score (nSPS) is 11.6. The van der Waals surface area contributed by atoms with E-state index in [1.54, 1.807) is 30.5 Å². The molecule has 142 valence electrons. The maximum absolute atomic E-state index is 13.4. The van der Waals surface area contributed by atoms with Gasteiger partial charge in [-0.2, -0.15) is 0 Å². The van der Waals surface area contributed by atoms with Crippen LogP contribution in [0, 0.1) is 0 Å². The average Bonchev–Trinajstić information content (AvgIpc) is 2.71. The van der Waals surface area contributed by atoms with Crippen LogP contribution in [0.25, 0.3) is 10.9 Å². The first-order chi connectivity index (χ1) is 13.1. The standard InChI is InChI=1S/C22H26N2O2S/c1-2-3-4-5-9-18-24(27(25,26)20-14-7-6-8-15-20)21-16-10-12-19-13-11-17-23-22(19)21/h6-8,10-17H,2-5,9,18H2,1H3. The molecule has 4 nitrogen and oxygen atoms in total. The molecule has 2 aromatic carbocycles. The SMILES string of the molecule is CCCCCCCN(c1cccc2cccnc12)S(=O)(=O)c1ccccc1. The summed E-state index contributed by atoms with van der Waals surface area (Å²) in [5, 5.41) is 0.939. The molecule has 0 spiro atoms. The zero-order valence-corrected chi connectivity index (χ0v) is 16.5. The van der Waals surface area contributed by atoms with Gasteiger partial charge in [-0.25, -0.2) is 8.42 Å². The Hall–Kier alpha value is -2.40. The van der Waals surface area contributed by atoms with Crippen LogP contribution in [0.1, 0.15) is 39.0 Å². The van der Waals surface area contributed by atoms with Crippen LogP contribution in [0.5, 0.6) is 0 Å². The number of sulfonamides is 1. The van der Waals surface area contributed by atoms with Gasteiger partial charge in [-0.15, -0.1) is 0 Å². The second-order valence-electron chi connectivity index (χ2n) is 6.66. The molecule has 5 heteroatoms. The van der Waals surface area contributed by atoms with Crippen molar-refractivity contribution in [2.45, 2.75) is 43.9 Å². The molecule has 0 unspecified atom stereocenters. The molecule has 0 aliphatic heterocycles. The molecule has 0 saturated heterocycles. The van der Waals surface area contributed by atoms with Gasteiger partial charge in [0.25, 0.3) is 10.0 Å². The fourth-order valence-corrected chi connectivity index (χ4v) is 4.77. The summed E-state index contributed by atoms with van der Waals surface area (Å²) in [4.78, 5) is 4.77.